The molecule has 0 fully saturated rings. The van der Waals surface area contributed by atoms with E-state index in [2.05, 4.69) is 0 Å². The van der Waals surface area contributed by atoms with Crippen molar-refractivity contribution < 1.29 is 19.7 Å². The highest BCUT2D eigenvalue weighted by Gasteiger charge is 2.12. The molecule has 0 bridgehead atoms. The van der Waals surface area contributed by atoms with E-state index < -0.39 is 5.97 Å². The summed E-state index contributed by atoms with van der Waals surface area (Å²) in [4.78, 5) is 11.0. The lowest BCUT2D eigenvalue weighted by atomic mass is 10.2. The van der Waals surface area contributed by atoms with Crippen LogP contribution in [0.1, 0.15) is 15.9 Å². The van der Waals surface area contributed by atoms with Gasteiger partial charge in [-0.2, -0.15) is 0 Å². The topological polar surface area (TPSA) is 66.8 Å². The molecule has 0 heterocycles. The molecule has 0 saturated heterocycles. The van der Waals surface area contributed by atoms with Crippen molar-refractivity contribution in [2.24, 2.45) is 0 Å². The number of carboxylic acid groups (broad SMARTS) is 1. The van der Waals surface area contributed by atoms with Gasteiger partial charge in [-0.25, -0.2) is 4.79 Å². The van der Waals surface area contributed by atoms with Gasteiger partial charge in [0.05, 0.1) is 0 Å². The van der Waals surface area contributed by atoms with E-state index in [1.165, 1.54) is 12.1 Å². The zero-order valence-electron chi connectivity index (χ0n) is 9.75. The van der Waals surface area contributed by atoms with Crippen LogP contribution >= 0.6 is 0 Å². The van der Waals surface area contributed by atoms with E-state index in [0.29, 0.717) is 0 Å². The van der Waals surface area contributed by atoms with Crippen molar-refractivity contribution in [2.45, 2.75) is 6.92 Å². The SMILES string of the molecule is Cc1ccc(O)c(Oc2ccccc2C(=O)O)c1. The van der Waals surface area contributed by atoms with Crippen molar-refractivity contribution in [2.75, 3.05) is 0 Å². The maximum Gasteiger partial charge on any atom is 0.339 e. The minimum absolute atomic E-state index is 0.0270. The molecule has 0 aromatic heterocycles. The van der Waals surface area contributed by atoms with Crippen molar-refractivity contribution in [1.82, 2.24) is 0 Å². The summed E-state index contributed by atoms with van der Waals surface area (Å²) in [5.41, 5.74) is 0.967. The average Bonchev–Trinajstić information content (AvgIpc) is 2.34. The van der Waals surface area contributed by atoms with Crippen molar-refractivity contribution >= 4 is 5.97 Å². The molecular formula is C14H12O4. The molecule has 0 amide bonds. The van der Waals surface area contributed by atoms with Gasteiger partial charge in [0.1, 0.15) is 11.3 Å². The van der Waals surface area contributed by atoms with E-state index in [0.717, 1.165) is 5.56 Å². The highest BCUT2D eigenvalue weighted by atomic mass is 16.5. The second-order valence-electron chi connectivity index (χ2n) is 3.87. The predicted molar refractivity (Wildman–Crippen MR) is 66.3 cm³/mol. The maximum atomic E-state index is 11.0. The molecule has 0 spiro atoms. The van der Waals surface area contributed by atoms with Crippen LogP contribution in [0.5, 0.6) is 17.2 Å². The first-order valence-electron chi connectivity index (χ1n) is 5.37. The van der Waals surface area contributed by atoms with Crippen molar-refractivity contribution in [3.63, 3.8) is 0 Å². The largest absolute Gasteiger partial charge is 0.504 e. The summed E-state index contributed by atoms with van der Waals surface area (Å²) < 4.78 is 5.45. The summed E-state index contributed by atoms with van der Waals surface area (Å²) in [6, 6.07) is 11.2. The van der Waals surface area contributed by atoms with Gasteiger partial charge < -0.3 is 14.9 Å². The Hall–Kier alpha value is -2.49. The quantitative estimate of drug-likeness (QED) is 0.870. The highest BCUT2D eigenvalue weighted by Crippen LogP contribution is 2.32. The number of hydrogen-bond donors (Lipinski definition) is 2. The fourth-order valence-electron chi connectivity index (χ4n) is 1.55. The first kappa shape index (κ1) is 12.0. The number of benzene rings is 2. The zero-order chi connectivity index (χ0) is 13.1. The van der Waals surface area contributed by atoms with E-state index in [9.17, 15) is 9.90 Å². The van der Waals surface area contributed by atoms with Crippen LogP contribution in [0.2, 0.25) is 0 Å². The first-order valence-corrected chi connectivity index (χ1v) is 5.37. The molecule has 18 heavy (non-hydrogen) atoms. The molecule has 2 aromatic carbocycles. The van der Waals surface area contributed by atoms with Crippen molar-refractivity contribution in [3.8, 4) is 17.2 Å². The summed E-state index contributed by atoms with van der Waals surface area (Å²) >= 11 is 0. The van der Waals surface area contributed by atoms with E-state index in [4.69, 9.17) is 9.84 Å². The molecule has 0 saturated carbocycles. The number of carbonyl (C=O) groups is 1. The van der Waals surface area contributed by atoms with Crippen LogP contribution < -0.4 is 4.74 Å². The molecule has 0 aliphatic heterocycles. The Labute approximate surface area is 104 Å². The number of phenolic OH excluding ortho intramolecular Hbond substituents is 1. The number of aromatic hydroxyl groups is 1. The molecular weight excluding hydrogens is 232 g/mol. The Balaban J connectivity index is 2.40. The van der Waals surface area contributed by atoms with E-state index in [-0.39, 0.29) is 22.8 Å². The molecule has 2 rings (SSSR count). The summed E-state index contributed by atoms with van der Waals surface area (Å²) in [5.74, 6) is -0.659. The zero-order valence-corrected chi connectivity index (χ0v) is 9.75. The van der Waals surface area contributed by atoms with Crippen molar-refractivity contribution in [3.05, 3.63) is 53.6 Å². The van der Waals surface area contributed by atoms with Gasteiger partial charge in [-0.1, -0.05) is 18.2 Å². The van der Waals surface area contributed by atoms with Gasteiger partial charge >= 0.3 is 5.97 Å². The number of phenols is 1. The van der Waals surface area contributed by atoms with Crippen LogP contribution in [0.15, 0.2) is 42.5 Å². The van der Waals surface area contributed by atoms with E-state index in [1.54, 1.807) is 30.3 Å². The van der Waals surface area contributed by atoms with Crippen LogP contribution in [0.4, 0.5) is 0 Å². The lowest BCUT2D eigenvalue weighted by Gasteiger charge is -2.10. The molecule has 2 aromatic rings. The van der Waals surface area contributed by atoms with E-state index >= 15 is 0 Å². The van der Waals surface area contributed by atoms with Gasteiger partial charge in [-0.05, 0) is 36.8 Å². The molecule has 0 aliphatic carbocycles. The first-order chi connectivity index (χ1) is 8.58. The van der Waals surface area contributed by atoms with E-state index in [1.807, 2.05) is 6.92 Å². The van der Waals surface area contributed by atoms with Gasteiger partial charge in [-0.3, -0.25) is 0 Å². The number of carboxylic acids is 1. The second kappa shape index (κ2) is 4.79. The molecule has 2 N–H and O–H groups in total. The summed E-state index contributed by atoms with van der Waals surface area (Å²) in [6.07, 6.45) is 0. The predicted octanol–water partition coefficient (Wildman–Crippen LogP) is 3.19. The Morgan fingerprint density at radius 3 is 2.56 bits per heavy atom. The summed E-state index contributed by atoms with van der Waals surface area (Å²) in [5, 5.41) is 18.7. The van der Waals surface area contributed by atoms with Crippen LogP contribution in [0, 0.1) is 6.92 Å². The third-order valence-electron chi connectivity index (χ3n) is 2.45. The normalized spacial score (nSPS) is 10.1. The molecule has 0 radical (unpaired) electrons. The van der Waals surface area contributed by atoms with Gasteiger partial charge in [0, 0.05) is 0 Å². The Morgan fingerprint density at radius 1 is 1.11 bits per heavy atom. The maximum absolute atomic E-state index is 11.0. The number of para-hydroxylation sites is 1. The lowest BCUT2D eigenvalue weighted by Crippen LogP contribution is -1.99. The Bertz CT molecular complexity index is 590. The number of hydrogen-bond acceptors (Lipinski definition) is 3. The molecule has 0 unspecified atom stereocenters. The standard InChI is InChI=1S/C14H12O4/c1-9-6-7-11(15)13(8-9)18-12-5-3-2-4-10(12)14(16)17/h2-8,15H,1H3,(H,16,17). The Kier molecular flexibility index (Phi) is 3.19. The molecule has 0 atom stereocenters. The van der Waals surface area contributed by atoms with Gasteiger partial charge in [0.2, 0.25) is 0 Å². The summed E-state index contributed by atoms with van der Waals surface area (Å²) in [7, 11) is 0. The lowest BCUT2D eigenvalue weighted by molar-refractivity contribution is 0.0694. The monoisotopic (exact) mass is 244 g/mol. The number of rotatable bonds is 3. The van der Waals surface area contributed by atoms with Crippen LogP contribution in [0.3, 0.4) is 0 Å². The van der Waals surface area contributed by atoms with Crippen LogP contribution in [0.25, 0.3) is 0 Å². The molecule has 92 valence electrons. The Morgan fingerprint density at radius 2 is 1.83 bits per heavy atom. The average molecular weight is 244 g/mol. The fourth-order valence-corrected chi connectivity index (χ4v) is 1.55. The minimum atomic E-state index is -1.07. The van der Waals surface area contributed by atoms with Crippen LogP contribution in [-0.4, -0.2) is 16.2 Å². The van der Waals surface area contributed by atoms with Crippen molar-refractivity contribution in [1.29, 1.82) is 0 Å². The molecule has 0 aliphatic rings. The molecule has 4 nitrogen and oxygen atoms in total. The fraction of sp³-hybridized carbons (Fsp3) is 0.0714. The number of ether oxygens (including phenoxy) is 1. The summed E-state index contributed by atoms with van der Waals surface area (Å²) in [6.45, 7) is 1.86. The third kappa shape index (κ3) is 2.43. The molecule has 4 heteroatoms. The number of aromatic carboxylic acids is 1. The smallest absolute Gasteiger partial charge is 0.339 e. The second-order valence-corrected chi connectivity index (χ2v) is 3.87. The van der Waals surface area contributed by atoms with Gasteiger partial charge in [-0.15, -0.1) is 0 Å². The highest BCUT2D eigenvalue weighted by molar-refractivity contribution is 5.90. The van der Waals surface area contributed by atoms with Gasteiger partial charge in [0.25, 0.3) is 0 Å². The minimum Gasteiger partial charge on any atom is -0.504 e. The van der Waals surface area contributed by atoms with Gasteiger partial charge in [0.15, 0.2) is 11.5 Å². The third-order valence-corrected chi connectivity index (χ3v) is 2.45. The van der Waals surface area contributed by atoms with Crippen LogP contribution in [-0.2, 0) is 0 Å². The number of aryl methyl sites for hydroxylation is 1.